The highest BCUT2D eigenvalue weighted by molar-refractivity contribution is 5.95. The van der Waals surface area contributed by atoms with E-state index in [0.717, 1.165) is 22.4 Å². The topological polar surface area (TPSA) is 81.2 Å². The van der Waals surface area contributed by atoms with E-state index in [1.54, 1.807) is 6.92 Å². The minimum absolute atomic E-state index is 0.0751. The third kappa shape index (κ3) is 4.35. The standard InChI is InChI=1S/C17H19N3O3/c1-10-5-11(2)16(12(3)6-10)20-15(21)9-23-17(22)14-8-18-13(4)7-19-14/h5-8H,9H2,1-4H3,(H,20,21). The van der Waals surface area contributed by atoms with E-state index in [4.69, 9.17) is 4.74 Å². The van der Waals surface area contributed by atoms with Gasteiger partial charge in [-0.15, -0.1) is 0 Å². The lowest BCUT2D eigenvalue weighted by molar-refractivity contribution is -0.119. The molecular weight excluding hydrogens is 294 g/mol. The monoisotopic (exact) mass is 313 g/mol. The van der Waals surface area contributed by atoms with Crippen LogP contribution < -0.4 is 5.32 Å². The second-order valence-electron chi connectivity index (χ2n) is 5.44. The fourth-order valence-electron chi connectivity index (χ4n) is 2.26. The molecule has 0 aliphatic rings. The predicted octanol–water partition coefficient (Wildman–Crippen LogP) is 2.51. The molecule has 0 radical (unpaired) electrons. The van der Waals surface area contributed by atoms with E-state index in [-0.39, 0.29) is 12.3 Å². The van der Waals surface area contributed by atoms with Crippen molar-refractivity contribution in [1.82, 2.24) is 9.97 Å². The van der Waals surface area contributed by atoms with Gasteiger partial charge in [-0.2, -0.15) is 0 Å². The lowest BCUT2D eigenvalue weighted by Gasteiger charge is -2.12. The molecule has 2 rings (SSSR count). The van der Waals surface area contributed by atoms with Crippen LogP contribution >= 0.6 is 0 Å². The molecule has 0 bridgehead atoms. The van der Waals surface area contributed by atoms with Gasteiger partial charge in [0.05, 0.1) is 11.9 Å². The Morgan fingerprint density at radius 2 is 1.70 bits per heavy atom. The number of aryl methyl sites for hydroxylation is 4. The Bertz CT molecular complexity index is 716. The van der Waals surface area contributed by atoms with Crippen LogP contribution in [0.25, 0.3) is 0 Å². The zero-order valence-electron chi connectivity index (χ0n) is 13.6. The van der Waals surface area contributed by atoms with Crippen LogP contribution in [0.3, 0.4) is 0 Å². The fraction of sp³-hybridized carbons (Fsp3) is 0.294. The molecule has 1 amide bonds. The van der Waals surface area contributed by atoms with Crippen LogP contribution in [0.15, 0.2) is 24.5 Å². The Balaban J connectivity index is 1.95. The first-order chi connectivity index (χ1) is 10.9. The van der Waals surface area contributed by atoms with Gasteiger partial charge in [0, 0.05) is 11.9 Å². The second-order valence-corrected chi connectivity index (χ2v) is 5.44. The third-order valence-corrected chi connectivity index (χ3v) is 3.27. The van der Waals surface area contributed by atoms with Crippen LogP contribution in [0, 0.1) is 27.7 Å². The lowest BCUT2D eigenvalue weighted by atomic mass is 10.1. The molecule has 1 aromatic carbocycles. The summed E-state index contributed by atoms with van der Waals surface area (Å²) in [6.45, 7) is 7.23. The number of aromatic nitrogens is 2. The summed E-state index contributed by atoms with van der Waals surface area (Å²) < 4.78 is 4.95. The van der Waals surface area contributed by atoms with Gasteiger partial charge in [-0.1, -0.05) is 17.7 Å². The van der Waals surface area contributed by atoms with Gasteiger partial charge in [-0.25, -0.2) is 9.78 Å². The van der Waals surface area contributed by atoms with E-state index in [1.807, 2.05) is 32.9 Å². The van der Waals surface area contributed by atoms with Crippen molar-refractivity contribution in [2.75, 3.05) is 11.9 Å². The number of carbonyl (C=O) groups excluding carboxylic acids is 2. The van der Waals surface area contributed by atoms with E-state index in [9.17, 15) is 9.59 Å². The van der Waals surface area contributed by atoms with Gasteiger partial charge in [-0.3, -0.25) is 9.78 Å². The molecule has 120 valence electrons. The number of nitrogens with zero attached hydrogens (tertiary/aromatic N) is 2. The average Bonchev–Trinajstić information content (AvgIpc) is 2.49. The Labute approximate surface area is 134 Å². The van der Waals surface area contributed by atoms with Gasteiger partial charge in [0.15, 0.2) is 12.3 Å². The largest absolute Gasteiger partial charge is 0.451 e. The predicted molar refractivity (Wildman–Crippen MR) is 86.3 cm³/mol. The Morgan fingerprint density at radius 1 is 1.04 bits per heavy atom. The molecule has 0 fully saturated rings. The molecule has 1 aromatic heterocycles. The van der Waals surface area contributed by atoms with E-state index in [0.29, 0.717) is 5.69 Å². The molecule has 6 heteroatoms. The molecule has 0 spiro atoms. The van der Waals surface area contributed by atoms with Crippen LogP contribution in [0.2, 0.25) is 0 Å². The quantitative estimate of drug-likeness (QED) is 0.877. The number of anilines is 1. The van der Waals surface area contributed by atoms with E-state index < -0.39 is 11.9 Å². The van der Waals surface area contributed by atoms with Crippen LogP contribution in [0.1, 0.15) is 32.9 Å². The van der Waals surface area contributed by atoms with Crippen LogP contribution in [0.4, 0.5) is 5.69 Å². The van der Waals surface area contributed by atoms with Gasteiger partial charge in [0.2, 0.25) is 0 Å². The molecule has 23 heavy (non-hydrogen) atoms. The molecule has 0 atom stereocenters. The number of rotatable bonds is 4. The molecule has 6 nitrogen and oxygen atoms in total. The minimum atomic E-state index is -0.676. The number of amides is 1. The summed E-state index contributed by atoms with van der Waals surface area (Å²) in [5, 5.41) is 2.77. The Kier molecular flexibility index (Phi) is 5.05. The second kappa shape index (κ2) is 7.00. The number of hydrogen-bond donors (Lipinski definition) is 1. The summed E-state index contributed by atoms with van der Waals surface area (Å²) in [6.07, 6.45) is 2.79. The summed E-state index contributed by atoms with van der Waals surface area (Å²) in [4.78, 5) is 31.6. The number of nitrogens with one attached hydrogen (secondary N) is 1. The maximum Gasteiger partial charge on any atom is 0.359 e. The lowest BCUT2D eigenvalue weighted by Crippen LogP contribution is -2.22. The number of carbonyl (C=O) groups is 2. The fourth-order valence-corrected chi connectivity index (χ4v) is 2.26. The maximum atomic E-state index is 12.0. The normalized spacial score (nSPS) is 10.3. The van der Waals surface area contributed by atoms with Crippen molar-refractivity contribution in [2.45, 2.75) is 27.7 Å². The van der Waals surface area contributed by atoms with E-state index >= 15 is 0 Å². The highest BCUT2D eigenvalue weighted by Crippen LogP contribution is 2.21. The SMILES string of the molecule is Cc1cc(C)c(NC(=O)COC(=O)c2cnc(C)cn2)c(C)c1. The third-order valence-electron chi connectivity index (χ3n) is 3.27. The first kappa shape index (κ1) is 16.6. The Morgan fingerprint density at radius 3 is 2.26 bits per heavy atom. The molecular formula is C17H19N3O3. The zero-order valence-corrected chi connectivity index (χ0v) is 13.6. The summed E-state index contributed by atoms with van der Waals surface area (Å²) >= 11 is 0. The van der Waals surface area contributed by atoms with Gasteiger partial charge >= 0.3 is 5.97 Å². The molecule has 0 aliphatic heterocycles. The van der Waals surface area contributed by atoms with Gasteiger partial charge in [-0.05, 0) is 38.8 Å². The summed E-state index contributed by atoms with van der Waals surface area (Å²) in [6, 6.07) is 3.97. The maximum absolute atomic E-state index is 12.0. The van der Waals surface area contributed by atoms with Crippen molar-refractivity contribution in [2.24, 2.45) is 0 Å². The van der Waals surface area contributed by atoms with Crippen LogP contribution in [-0.2, 0) is 9.53 Å². The number of esters is 1. The van der Waals surface area contributed by atoms with E-state index in [1.165, 1.54) is 12.4 Å². The summed E-state index contributed by atoms with van der Waals surface area (Å²) in [5.41, 5.74) is 4.57. The van der Waals surface area contributed by atoms with Gasteiger partial charge in [0.25, 0.3) is 5.91 Å². The molecule has 1 heterocycles. The summed E-state index contributed by atoms with van der Waals surface area (Å²) in [5.74, 6) is -1.07. The zero-order chi connectivity index (χ0) is 17.0. The van der Waals surface area contributed by atoms with Crippen molar-refractivity contribution in [1.29, 1.82) is 0 Å². The number of hydrogen-bond acceptors (Lipinski definition) is 5. The first-order valence-electron chi connectivity index (χ1n) is 7.20. The Hall–Kier alpha value is -2.76. The molecule has 2 aromatic rings. The number of ether oxygens (including phenoxy) is 1. The highest BCUT2D eigenvalue weighted by Gasteiger charge is 2.13. The van der Waals surface area contributed by atoms with Crippen molar-refractivity contribution < 1.29 is 14.3 Å². The minimum Gasteiger partial charge on any atom is -0.451 e. The molecule has 0 aliphatic carbocycles. The van der Waals surface area contributed by atoms with Crippen molar-refractivity contribution in [3.05, 3.63) is 52.6 Å². The number of benzene rings is 1. The van der Waals surface area contributed by atoms with Crippen LogP contribution in [0.5, 0.6) is 0 Å². The van der Waals surface area contributed by atoms with E-state index in [2.05, 4.69) is 15.3 Å². The summed E-state index contributed by atoms with van der Waals surface area (Å²) in [7, 11) is 0. The average molecular weight is 313 g/mol. The molecule has 0 saturated carbocycles. The van der Waals surface area contributed by atoms with Crippen molar-refractivity contribution in [3.8, 4) is 0 Å². The van der Waals surface area contributed by atoms with Crippen molar-refractivity contribution in [3.63, 3.8) is 0 Å². The van der Waals surface area contributed by atoms with Crippen LogP contribution in [-0.4, -0.2) is 28.5 Å². The van der Waals surface area contributed by atoms with Gasteiger partial charge < -0.3 is 10.1 Å². The van der Waals surface area contributed by atoms with Gasteiger partial charge in [0.1, 0.15) is 0 Å². The molecule has 1 N–H and O–H groups in total. The smallest absolute Gasteiger partial charge is 0.359 e. The highest BCUT2D eigenvalue weighted by atomic mass is 16.5. The first-order valence-corrected chi connectivity index (χ1v) is 7.20. The van der Waals surface area contributed by atoms with Crippen molar-refractivity contribution >= 4 is 17.6 Å². The molecule has 0 unspecified atom stereocenters. The molecule has 0 saturated heterocycles.